The van der Waals surface area contributed by atoms with Gasteiger partial charge in [0, 0.05) is 35.9 Å². The molecule has 0 radical (unpaired) electrons. The minimum atomic E-state index is 0.160. The molecule has 1 saturated heterocycles. The number of aryl methyl sites for hydroxylation is 4. The van der Waals surface area contributed by atoms with Crippen molar-refractivity contribution >= 4 is 44.6 Å². The summed E-state index contributed by atoms with van der Waals surface area (Å²) in [5.74, 6) is 2.08. The van der Waals surface area contributed by atoms with Gasteiger partial charge in [0.2, 0.25) is 0 Å². The van der Waals surface area contributed by atoms with E-state index in [0.717, 1.165) is 53.9 Å². The predicted molar refractivity (Wildman–Crippen MR) is 111 cm³/mol. The molecule has 0 N–H and O–H groups in total. The first-order valence-corrected chi connectivity index (χ1v) is 11.1. The Bertz CT molecular complexity index is 1030. The quantitative estimate of drug-likeness (QED) is 0.658. The average molecular weight is 399 g/mol. The van der Waals surface area contributed by atoms with Gasteiger partial charge < -0.3 is 9.80 Å². The van der Waals surface area contributed by atoms with Crippen LogP contribution >= 0.6 is 22.7 Å². The van der Waals surface area contributed by atoms with Crippen LogP contribution in [0.25, 0.3) is 10.2 Å². The van der Waals surface area contributed by atoms with E-state index in [1.807, 2.05) is 42.2 Å². The summed E-state index contributed by atoms with van der Waals surface area (Å²) < 4.78 is 0. The number of rotatable bonds is 2. The smallest absolute Gasteiger partial charge is 0.264 e. The van der Waals surface area contributed by atoms with Gasteiger partial charge in [-0.15, -0.1) is 22.7 Å². The van der Waals surface area contributed by atoms with Gasteiger partial charge in [0.05, 0.1) is 10.3 Å². The van der Waals surface area contributed by atoms with E-state index >= 15 is 0 Å². The van der Waals surface area contributed by atoms with Gasteiger partial charge in [-0.2, -0.15) is 0 Å². The SMILES string of the molecule is Cc1nc(N2CCN(C(=O)c3ccc(C)s3)CC2)c2c3c(sc2n1)CCC3. The maximum absolute atomic E-state index is 12.7. The second kappa shape index (κ2) is 6.56. The predicted octanol–water partition coefficient (Wildman–Crippen LogP) is 3.82. The maximum Gasteiger partial charge on any atom is 0.264 e. The second-order valence-electron chi connectivity index (χ2n) is 7.32. The van der Waals surface area contributed by atoms with Crippen molar-refractivity contribution in [2.45, 2.75) is 33.1 Å². The van der Waals surface area contributed by atoms with E-state index < -0.39 is 0 Å². The third-order valence-electron chi connectivity index (χ3n) is 5.47. The highest BCUT2D eigenvalue weighted by Gasteiger charge is 2.28. The largest absolute Gasteiger partial charge is 0.352 e. The molecule has 140 valence electrons. The van der Waals surface area contributed by atoms with Gasteiger partial charge >= 0.3 is 0 Å². The Morgan fingerprint density at radius 3 is 2.59 bits per heavy atom. The van der Waals surface area contributed by atoms with Gasteiger partial charge in [-0.1, -0.05) is 0 Å². The van der Waals surface area contributed by atoms with Crippen LogP contribution in [-0.2, 0) is 12.8 Å². The highest BCUT2D eigenvalue weighted by molar-refractivity contribution is 7.19. The van der Waals surface area contributed by atoms with Crippen molar-refractivity contribution in [2.24, 2.45) is 0 Å². The molecule has 0 bridgehead atoms. The van der Waals surface area contributed by atoms with Gasteiger partial charge in [0.1, 0.15) is 16.5 Å². The number of piperazine rings is 1. The zero-order chi connectivity index (χ0) is 18.5. The molecule has 0 unspecified atom stereocenters. The fraction of sp³-hybridized carbons (Fsp3) is 0.450. The van der Waals surface area contributed by atoms with Gasteiger partial charge in [-0.05, 0) is 50.8 Å². The summed E-state index contributed by atoms with van der Waals surface area (Å²) in [6.07, 6.45) is 3.56. The molecule has 0 spiro atoms. The Balaban J connectivity index is 1.40. The standard InChI is InChI=1S/C20H22N4OS2/c1-12-6-7-16(26-12)20(25)24-10-8-23(9-11-24)18-17-14-4-3-5-15(14)27-19(17)22-13(2)21-18/h6-7H,3-5,8-11H2,1-2H3. The highest BCUT2D eigenvalue weighted by atomic mass is 32.1. The summed E-state index contributed by atoms with van der Waals surface area (Å²) in [6, 6.07) is 3.96. The van der Waals surface area contributed by atoms with E-state index in [0.29, 0.717) is 0 Å². The molecule has 0 aromatic carbocycles. The van der Waals surface area contributed by atoms with Crippen LogP contribution in [0.2, 0.25) is 0 Å². The highest BCUT2D eigenvalue weighted by Crippen LogP contribution is 2.40. The van der Waals surface area contributed by atoms with Crippen LogP contribution in [0.3, 0.4) is 0 Å². The lowest BCUT2D eigenvalue weighted by Gasteiger charge is -2.35. The number of hydrogen-bond donors (Lipinski definition) is 0. The third-order valence-corrected chi connectivity index (χ3v) is 7.65. The van der Waals surface area contributed by atoms with Gasteiger partial charge in [0.15, 0.2) is 0 Å². The first-order valence-electron chi connectivity index (χ1n) is 9.49. The molecule has 7 heteroatoms. The van der Waals surface area contributed by atoms with Crippen molar-refractivity contribution in [3.63, 3.8) is 0 Å². The van der Waals surface area contributed by atoms with Gasteiger partial charge in [-0.25, -0.2) is 9.97 Å². The summed E-state index contributed by atoms with van der Waals surface area (Å²) >= 11 is 3.42. The number of hydrogen-bond acceptors (Lipinski definition) is 6. The fourth-order valence-corrected chi connectivity index (χ4v) is 6.27. The Labute approximate surface area is 166 Å². The van der Waals surface area contributed by atoms with Crippen molar-refractivity contribution in [1.29, 1.82) is 0 Å². The zero-order valence-electron chi connectivity index (χ0n) is 15.6. The molecule has 0 atom stereocenters. The molecule has 3 aromatic rings. The molecular weight excluding hydrogens is 376 g/mol. The van der Waals surface area contributed by atoms with Crippen LogP contribution in [0.1, 0.15) is 37.2 Å². The van der Waals surface area contributed by atoms with Crippen molar-refractivity contribution in [3.05, 3.63) is 38.2 Å². The minimum Gasteiger partial charge on any atom is -0.352 e. The van der Waals surface area contributed by atoms with Crippen molar-refractivity contribution in [3.8, 4) is 0 Å². The molecule has 0 saturated carbocycles. The number of anilines is 1. The first kappa shape index (κ1) is 17.1. The van der Waals surface area contributed by atoms with E-state index in [1.165, 1.54) is 33.5 Å². The van der Waals surface area contributed by atoms with Crippen LogP contribution < -0.4 is 4.90 Å². The summed E-state index contributed by atoms with van der Waals surface area (Å²) in [5.41, 5.74) is 1.47. The maximum atomic E-state index is 12.7. The van der Waals surface area contributed by atoms with E-state index in [2.05, 4.69) is 4.90 Å². The molecule has 5 rings (SSSR count). The molecule has 1 aliphatic heterocycles. The monoisotopic (exact) mass is 398 g/mol. The average Bonchev–Trinajstić information content (AvgIpc) is 3.36. The summed E-state index contributed by atoms with van der Waals surface area (Å²) in [7, 11) is 0. The van der Waals surface area contributed by atoms with E-state index in [9.17, 15) is 4.79 Å². The molecule has 27 heavy (non-hydrogen) atoms. The van der Waals surface area contributed by atoms with E-state index in [1.54, 1.807) is 11.3 Å². The van der Waals surface area contributed by atoms with Crippen LogP contribution in [-0.4, -0.2) is 47.0 Å². The lowest BCUT2D eigenvalue weighted by atomic mass is 10.1. The number of fused-ring (bicyclic) bond motifs is 3. The molecule has 1 fully saturated rings. The van der Waals surface area contributed by atoms with Crippen molar-refractivity contribution < 1.29 is 4.79 Å². The fourth-order valence-electron chi connectivity index (χ4n) is 4.14. The van der Waals surface area contributed by atoms with Crippen molar-refractivity contribution in [1.82, 2.24) is 14.9 Å². The topological polar surface area (TPSA) is 49.3 Å². The van der Waals surface area contributed by atoms with Crippen LogP contribution in [0.4, 0.5) is 5.82 Å². The zero-order valence-corrected chi connectivity index (χ0v) is 17.3. The molecule has 3 aromatic heterocycles. The number of aromatic nitrogens is 2. The summed E-state index contributed by atoms with van der Waals surface area (Å²) in [6.45, 7) is 7.16. The third kappa shape index (κ3) is 2.93. The van der Waals surface area contributed by atoms with Crippen LogP contribution in [0.15, 0.2) is 12.1 Å². The molecule has 4 heterocycles. The number of nitrogens with zero attached hydrogens (tertiary/aromatic N) is 4. The Kier molecular flexibility index (Phi) is 4.16. The molecule has 1 aliphatic carbocycles. The van der Waals surface area contributed by atoms with E-state index in [4.69, 9.17) is 9.97 Å². The normalized spacial score (nSPS) is 17.0. The minimum absolute atomic E-state index is 0.160. The van der Waals surface area contributed by atoms with Crippen molar-refractivity contribution in [2.75, 3.05) is 31.1 Å². The Morgan fingerprint density at radius 2 is 1.85 bits per heavy atom. The lowest BCUT2D eigenvalue weighted by molar-refractivity contribution is 0.0751. The lowest BCUT2D eigenvalue weighted by Crippen LogP contribution is -2.49. The number of carbonyl (C=O) groups is 1. The summed E-state index contributed by atoms with van der Waals surface area (Å²) in [4.78, 5) is 31.2. The molecule has 1 amide bonds. The Hall–Kier alpha value is -1.99. The number of amides is 1. The second-order valence-corrected chi connectivity index (χ2v) is 9.69. The number of carbonyl (C=O) groups excluding carboxylic acids is 1. The first-order chi connectivity index (χ1) is 13.1. The Morgan fingerprint density at radius 1 is 1.04 bits per heavy atom. The molecule has 5 nitrogen and oxygen atoms in total. The molecular formula is C20H22N4OS2. The van der Waals surface area contributed by atoms with Gasteiger partial charge in [0.25, 0.3) is 5.91 Å². The van der Waals surface area contributed by atoms with Crippen LogP contribution in [0, 0.1) is 13.8 Å². The van der Waals surface area contributed by atoms with Crippen LogP contribution in [0.5, 0.6) is 0 Å². The van der Waals surface area contributed by atoms with Gasteiger partial charge in [-0.3, -0.25) is 4.79 Å². The van der Waals surface area contributed by atoms with E-state index in [-0.39, 0.29) is 5.91 Å². The number of thiophene rings is 2. The molecule has 2 aliphatic rings. The summed E-state index contributed by atoms with van der Waals surface area (Å²) in [5, 5.41) is 1.27.